The maximum Gasteiger partial charge on any atom is 0.338 e. The van der Waals surface area contributed by atoms with Crippen LogP contribution in [0.5, 0.6) is 0 Å². The monoisotopic (exact) mass is 248 g/mol. The molecule has 1 aromatic carbocycles. The zero-order chi connectivity index (χ0) is 13.1. The number of ether oxygens (including phenoxy) is 1. The van der Waals surface area contributed by atoms with Crippen LogP contribution in [0.3, 0.4) is 0 Å². The minimum atomic E-state index is -0.314. The van der Waals surface area contributed by atoms with Gasteiger partial charge >= 0.3 is 5.97 Å². The van der Waals surface area contributed by atoms with Crippen molar-refractivity contribution in [1.29, 1.82) is 0 Å². The maximum absolute atomic E-state index is 11.5. The highest BCUT2D eigenvalue weighted by Crippen LogP contribution is 2.13. The molecule has 4 heteroatoms. The molecule has 0 aliphatic carbocycles. The molecule has 2 rings (SSSR count). The minimum Gasteiger partial charge on any atom is -0.467 e. The van der Waals surface area contributed by atoms with Crippen molar-refractivity contribution >= 4 is 5.97 Å². The van der Waals surface area contributed by atoms with E-state index in [4.69, 9.17) is 4.74 Å². The molecular weight excluding hydrogens is 228 g/mol. The van der Waals surface area contributed by atoms with E-state index in [-0.39, 0.29) is 12.1 Å². The first kappa shape index (κ1) is 13.1. The summed E-state index contributed by atoms with van der Waals surface area (Å²) >= 11 is 0. The number of nitrogens with zero attached hydrogens (tertiary/aromatic N) is 1. The summed E-state index contributed by atoms with van der Waals surface area (Å²) in [4.78, 5) is 13.5. The number of nitrogens with one attached hydrogen (secondary N) is 1. The third kappa shape index (κ3) is 2.89. The lowest BCUT2D eigenvalue weighted by molar-refractivity contribution is -0.146. The zero-order valence-corrected chi connectivity index (χ0v) is 11.1. The molecule has 1 aromatic rings. The van der Waals surface area contributed by atoms with Crippen LogP contribution in [0, 0.1) is 6.92 Å². The van der Waals surface area contributed by atoms with Crippen LogP contribution in [-0.2, 0) is 16.0 Å². The van der Waals surface area contributed by atoms with Crippen molar-refractivity contribution in [1.82, 2.24) is 10.2 Å². The van der Waals surface area contributed by atoms with E-state index in [2.05, 4.69) is 36.5 Å². The summed E-state index contributed by atoms with van der Waals surface area (Å²) in [7, 11) is 3.36. The molecule has 0 aromatic heterocycles. The molecule has 1 unspecified atom stereocenters. The minimum absolute atomic E-state index is 0.219. The Balaban J connectivity index is 1.96. The van der Waals surface area contributed by atoms with Gasteiger partial charge < -0.3 is 4.74 Å². The molecule has 0 spiro atoms. The van der Waals surface area contributed by atoms with Crippen LogP contribution in [0.25, 0.3) is 0 Å². The molecule has 1 heterocycles. The Bertz CT molecular complexity index is 416. The van der Waals surface area contributed by atoms with E-state index in [1.54, 1.807) is 0 Å². The Hall–Kier alpha value is -1.39. The predicted molar refractivity (Wildman–Crippen MR) is 70.2 cm³/mol. The highest BCUT2D eigenvalue weighted by atomic mass is 16.5. The third-order valence-corrected chi connectivity index (χ3v) is 3.37. The van der Waals surface area contributed by atoms with Crippen LogP contribution in [0.15, 0.2) is 24.3 Å². The molecule has 0 saturated carbocycles. The van der Waals surface area contributed by atoms with E-state index >= 15 is 0 Å². The number of esters is 1. The van der Waals surface area contributed by atoms with E-state index in [0.29, 0.717) is 6.04 Å². The number of rotatable bonds is 3. The van der Waals surface area contributed by atoms with Crippen LogP contribution in [-0.4, -0.2) is 43.8 Å². The molecule has 2 atom stereocenters. The Morgan fingerprint density at radius 3 is 2.72 bits per heavy atom. The van der Waals surface area contributed by atoms with Gasteiger partial charge in [0.2, 0.25) is 0 Å². The van der Waals surface area contributed by atoms with Crippen molar-refractivity contribution in [3.05, 3.63) is 35.4 Å². The lowest BCUT2D eigenvalue weighted by Crippen LogP contribution is -2.42. The topological polar surface area (TPSA) is 41.6 Å². The molecule has 18 heavy (non-hydrogen) atoms. The summed E-state index contributed by atoms with van der Waals surface area (Å²) in [6.07, 6.45) is 0.614. The lowest BCUT2D eigenvalue weighted by Gasteiger charge is -2.15. The summed E-state index contributed by atoms with van der Waals surface area (Å²) in [5, 5.41) is 3.31. The standard InChI is InChI=1S/C14H20N2O2/c1-10-4-6-11(7-5-10)8-12-9-16(2)13(15-12)14(17)18-3/h4-7,12-13,15H,8-9H2,1-3H3/t12-,13?/m1/s1. The van der Waals surface area contributed by atoms with Crippen LogP contribution in [0.2, 0.25) is 0 Å². The van der Waals surface area contributed by atoms with Gasteiger partial charge in [-0.3, -0.25) is 10.2 Å². The van der Waals surface area contributed by atoms with Gasteiger partial charge in [0, 0.05) is 12.6 Å². The average molecular weight is 248 g/mol. The molecule has 1 aliphatic heterocycles. The molecule has 1 saturated heterocycles. The number of methoxy groups -OCH3 is 1. The van der Waals surface area contributed by atoms with E-state index in [9.17, 15) is 4.79 Å². The normalized spacial score (nSPS) is 24.2. The van der Waals surface area contributed by atoms with E-state index in [1.165, 1.54) is 18.2 Å². The first-order valence-corrected chi connectivity index (χ1v) is 6.20. The molecule has 4 nitrogen and oxygen atoms in total. The Labute approximate surface area is 108 Å². The average Bonchev–Trinajstić information content (AvgIpc) is 2.72. The first-order valence-electron chi connectivity index (χ1n) is 6.20. The Morgan fingerprint density at radius 1 is 1.44 bits per heavy atom. The fourth-order valence-electron chi connectivity index (χ4n) is 2.35. The molecule has 0 bridgehead atoms. The van der Waals surface area contributed by atoms with E-state index < -0.39 is 0 Å². The van der Waals surface area contributed by atoms with Crippen LogP contribution in [0.1, 0.15) is 11.1 Å². The fraction of sp³-hybridized carbons (Fsp3) is 0.500. The van der Waals surface area contributed by atoms with Gasteiger partial charge in [0.25, 0.3) is 0 Å². The second kappa shape index (κ2) is 5.50. The predicted octanol–water partition coefficient (Wildman–Crippen LogP) is 0.940. The second-order valence-electron chi connectivity index (χ2n) is 4.92. The van der Waals surface area contributed by atoms with Crippen molar-refractivity contribution in [2.24, 2.45) is 0 Å². The van der Waals surface area contributed by atoms with Gasteiger partial charge in [-0.05, 0) is 26.0 Å². The fourth-order valence-corrected chi connectivity index (χ4v) is 2.35. The third-order valence-electron chi connectivity index (χ3n) is 3.37. The summed E-state index contributed by atoms with van der Waals surface area (Å²) in [5.41, 5.74) is 2.56. The number of likely N-dealkylation sites (N-methyl/N-ethyl adjacent to an activating group) is 1. The van der Waals surface area contributed by atoms with E-state index in [1.807, 2.05) is 11.9 Å². The number of aryl methyl sites for hydroxylation is 1. The smallest absolute Gasteiger partial charge is 0.338 e. The number of hydrogen-bond donors (Lipinski definition) is 1. The van der Waals surface area contributed by atoms with E-state index in [0.717, 1.165) is 13.0 Å². The summed E-state index contributed by atoms with van der Waals surface area (Å²) in [5.74, 6) is -0.219. The van der Waals surface area contributed by atoms with Crippen molar-refractivity contribution in [2.75, 3.05) is 20.7 Å². The van der Waals surface area contributed by atoms with Crippen LogP contribution < -0.4 is 5.32 Å². The quantitative estimate of drug-likeness (QED) is 0.808. The van der Waals surface area contributed by atoms with Gasteiger partial charge in [-0.25, -0.2) is 4.79 Å². The van der Waals surface area contributed by atoms with Gasteiger partial charge in [-0.2, -0.15) is 0 Å². The summed E-state index contributed by atoms with van der Waals surface area (Å²) in [6.45, 7) is 2.94. The van der Waals surface area contributed by atoms with Gasteiger partial charge in [0.05, 0.1) is 7.11 Å². The van der Waals surface area contributed by atoms with Crippen molar-refractivity contribution in [3.63, 3.8) is 0 Å². The van der Waals surface area contributed by atoms with Crippen molar-refractivity contribution < 1.29 is 9.53 Å². The number of carbonyl (C=O) groups excluding carboxylic acids is 1. The highest BCUT2D eigenvalue weighted by Gasteiger charge is 2.34. The van der Waals surface area contributed by atoms with Crippen LogP contribution in [0.4, 0.5) is 0 Å². The number of hydrogen-bond acceptors (Lipinski definition) is 4. The largest absolute Gasteiger partial charge is 0.467 e. The highest BCUT2D eigenvalue weighted by molar-refractivity contribution is 5.75. The molecule has 0 amide bonds. The lowest BCUT2D eigenvalue weighted by atomic mass is 10.1. The van der Waals surface area contributed by atoms with Gasteiger partial charge in [0.1, 0.15) is 0 Å². The Kier molecular flexibility index (Phi) is 3.99. The van der Waals surface area contributed by atoms with Crippen molar-refractivity contribution in [3.8, 4) is 0 Å². The van der Waals surface area contributed by atoms with Gasteiger partial charge in [-0.15, -0.1) is 0 Å². The maximum atomic E-state index is 11.5. The van der Waals surface area contributed by atoms with Gasteiger partial charge in [0.15, 0.2) is 6.17 Å². The Morgan fingerprint density at radius 2 is 2.11 bits per heavy atom. The van der Waals surface area contributed by atoms with Gasteiger partial charge in [-0.1, -0.05) is 29.8 Å². The molecule has 98 valence electrons. The van der Waals surface area contributed by atoms with Crippen LogP contribution >= 0.6 is 0 Å². The van der Waals surface area contributed by atoms with Crippen molar-refractivity contribution in [2.45, 2.75) is 25.6 Å². The number of benzene rings is 1. The first-order chi connectivity index (χ1) is 8.60. The molecule has 1 fully saturated rings. The molecular formula is C14H20N2O2. The molecule has 1 aliphatic rings. The molecule has 1 N–H and O–H groups in total. The number of carbonyl (C=O) groups is 1. The summed E-state index contributed by atoms with van der Waals surface area (Å²) < 4.78 is 4.78. The molecule has 0 radical (unpaired) electrons. The second-order valence-corrected chi connectivity index (χ2v) is 4.92. The summed E-state index contributed by atoms with van der Waals surface area (Å²) in [6, 6.07) is 8.81. The zero-order valence-electron chi connectivity index (χ0n) is 11.1. The SMILES string of the molecule is COC(=O)C1N[C@H](Cc2ccc(C)cc2)CN1C.